The van der Waals surface area contributed by atoms with E-state index in [-0.39, 0.29) is 5.75 Å². The number of carbonyl (C=O) groups excluding carboxylic acids is 2. The summed E-state index contributed by atoms with van der Waals surface area (Å²) in [5.74, 6) is 4.63. The molecule has 1 aliphatic heterocycles. The second-order valence-electron chi connectivity index (χ2n) is 7.99. The lowest BCUT2D eigenvalue weighted by Gasteiger charge is -2.36. The number of halogens is 3. The van der Waals surface area contributed by atoms with E-state index in [4.69, 9.17) is 5.21 Å². The van der Waals surface area contributed by atoms with Crippen molar-refractivity contribution in [2.45, 2.75) is 25.4 Å². The number of alkyl halides is 3. The lowest BCUT2D eigenvalue weighted by Crippen LogP contribution is -2.58. The third-order valence-electron chi connectivity index (χ3n) is 5.39. The summed E-state index contributed by atoms with van der Waals surface area (Å²) in [5.41, 5.74) is 3.61. The number of aliphatic hydroxyl groups is 1. The summed E-state index contributed by atoms with van der Waals surface area (Å²) >= 11 is 0. The summed E-state index contributed by atoms with van der Waals surface area (Å²) < 4.78 is 40.6. The quantitative estimate of drug-likeness (QED) is 0.281. The Hall–Kier alpha value is -3.95. The van der Waals surface area contributed by atoms with Gasteiger partial charge in [0, 0.05) is 43.0 Å². The van der Waals surface area contributed by atoms with Crippen LogP contribution in [0, 0.1) is 11.8 Å². The smallest absolute Gasteiger partial charge is 0.406 e. The largest absolute Gasteiger partial charge is 0.573 e. The molecule has 0 bridgehead atoms. The van der Waals surface area contributed by atoms with E-state index < -0.39 is 30.4 Å². The highest BCUT2D eigenvalue weighted by Gasteiger charge is 2.31. The number of aliphatic hydroxyl groups excluding tert-OH is 1. The number of carbonyl (C=O) groups is 2. The van der Waals surface area contributed by atoms with Gasteiger partial charge < -0.3 is 25.0 Å². The van der Waals surface area contributed by atoms with E-state index in [1.807, 2.05) is 24.3 Å². The van der Waals surface area contributed by atoms with E-state index in [9.17, 15) is 27.9 Å². The molecule has 3 rings (SSSR count). The molecule has 3 amide bonds. The van der Waals surface area contributed by atoms with Crippen LogP contribution in [-0.4, -0.2) is 71.8 Å². The van der Waals surface area contributed by atoms with E-state index in [2.05, 4.69) is 26.8 Å². The Bertz CT molecular complexity index is 1100. The van der Waals surface area contributed by atoms with Gasteiger partial charge in [-0.15, -0.1) is 13.2 Å². The Labute approximate surface area is 205 Å². The molecule has 12 heteroatoms. The zero-order chi connectivity index (χ0) is 26.3. The molecular formula is C24H25F3N4O5. The summed E-state index contributed by atoms with van der Waals surface area (Å²) in [5, 5.41) is 20.8. The maximum absolute atomic E-state index is 12.4. The predicted octanol–water partition coefficient (Wildman–Crippen LogP) is 2.07. The summed E-state index contributed by atoms with van der Waals surface area (Å²) in [7, 11) is 0. The topological polar surface area (TPSA) is 114 Å². The monoisotopic (exact) mass is 506 g/mol. The molecule has 1 heterocycles. The zero-order valence-corrected chi connectivity index (χ0v) is 19.2. The molecule has 0 spiro atoms. The molecule has 192 valence electrons. The number of anilines is 1. The molecule has 4 N–H and O–H groups in total. The molecule has 0 saturated carbocycles. The van der Waals surface area contributed by atoms with Crippen molar-refractivity contribution in [3.8, 4) is 17.6 Å². The lowest BCUT2D eigenvalue weighted by atomic mass is 10.1. The first-order valence-corrected chi connectivity index (χ1v) is 11.0. The molecule has 0 aliphatic carbocycles. The molecule has 1 fully saturated rings. The molecule has 0 radical (unpaired) electrons. The van der Waals surface area contributed by atoms with Crippen molar-refractivity contribution < 1.29 is 37.8 Å². The predicted molar refractivity (Wildman–Crippen MR) is 123 cm³/mol. The first kappa shape index (κ1) is 26.7. The van der Waals surface area contributed by atoms with Crippen LogP contribution in [0.1, 0.15) is 18.1 Å². The van der Waals surface area contributed by atoms with Crippen LogP contribution in [0.3, 0.4) is 0 Å². The number of rotatable bonds is 5. The third kappa shape index (κ3) is 7.53. The third-order valence-corrected chi connectivity index (χ3v) is 5.39. The Morgan fingerprint density at radius 1 is 0.972 bits per heavy atom. The van der Waals surface area contributed by atoms with Gasteiger partial charge in [-0.1, -0.05) is 11.8 Å². The Morgan fingerprint density at radius 2 is 1.50 bits per heavy atom. The molecule has 1 saturated heterocycles. The minimum absolute atomic E-state index is 0.312. The van der Waals surface area contributed by atoms with Gasteiger partial charge >= 0.3 is 12.4 Å². The maximum atomic E-state index is 12.4. The van der Waals surface area contributed by atoms with Crippen LogP contribution in [0.5, 0.6) is 5.75 Å². The minimum atomic E-state index is -4.74. The van der Waals surface area contributed by atoms with Gasteiger partial charge in [0.1, 0.15) is 11.8 Å². The van der Waals surface area contributed by atoms with Crippen LogP contribution in [0.15, 0.2) is 48.5 Å². The van der Waals surface area contributed by atoms with Crippen LogP contribution < -0.4 is 20.4 Å². The van der Waals surface area contributed by atoms with Gasteiger partial charge in [-0.05, 0) is 55.5 Å². The average Bonchev–Trinajstić information content (AvgIpc) is 2.85. The van der Waals surface area contributed by atoms with E-state index in [0.717, 1.165) is 11.3 Å². The van der Waals surface area contributed by atoms with E-state index in [0.29, 0.717) is 31.7 Å². The molecule has 2 aromatic carbocycles. The van der Waals surface area contributed by atoms with Crippen molar-refractivity contribution in [2.24, 2.45) is 0 Å². The number of ether oxygens (including phenoxy) is 1. The first-order chi connectivity index (χ1) is 17.1. The number of benzene rings is 2. The normalized spacial score (nSPS) is 15.3. The fourth-order valence-electron chi connectivity index (χ4n) is 3.51. The van der Waals surface area contributed by atoms with Crippen LogP contribution in [-0.2, 0) is 4.79 Å². The fourth-order valence-corrected chi connectivity index (χ4v) is 3.51. The number of hydroxylamine groups is 1. The number of nitrogens with zero attached hydrogens (tertiary/aromatic N) is 2. The second-order valence-corrected chi connectivity index (χ2v) is 7.99. The fraction of sp³-hybridized carbons (Fsp3) is 0.333. The van der Waals surface area contributed by atoms with Crippen molar-refractivity contribution in [2.75, 3.05) is 31.1 Å². The SMILES string of the molecule is C[C@H](O)[C@@H](NC(=O)N1CCN(c2ccc(C#Cc3ccc(OC(F)(F)F)cc3)cc2)CC1)C(=O)NO. The molecule has 2 atom stereocenters. The van der Waals surface area contributed by atoms with Gasteiger partial charge in [0.15, 0.2) is 0 Å². The number of piperazine rings is 1. The highest BCUT2D eigenvalue weighted by atomic mass is 19.4. The minimum Gasteiger partial charge on any atom is -0.406 e. The number of urea groups is 1. The Kier molecular flexibility index (Phi) is 8.63. The lowest BCUT2D eigenvalue weighted by molar-refractivity contribution is -0.274. The number of hydrogen-bond donors (Lipinski definition) is 4. The standard InChI is InChI=1S/C24H25F3N4O5/c1-16(32)21(22(33)29-35)28-23(34)31-14-12-30(13-15-31)19-8-4-17(5-9-19)2-3-18-6-10-20(11-7-18)36-24(25,26)27/h4-11,16,21,32,35H,12-15H2,1H3,(H,28,34)(H,29,33)/t16-,21+/m0/s1. The molecule has 36 heavy (non-hydrogen) atoms. The second kappa shape index (κ2) is 11.7. The zero-order valence-electron chi connectivity index (χ0n) is 19.2. The van der Waals surface area contributed by atoms with Crippen molar-refractivity contribution in [3.05, 3.63) is 59.7 Å². The van der Waals surface area contributed by atoms with E-state index >= 15 is 0 Å². The van der Waals surface area contributed by atoms with Gasteiger partial charge in [0.05, 0.1) is 6.10 Å². The van der Waals surface area contributed by atoms with Crippen LogP contribution in [0.25, 0.3) is 0 Å². The van der Waals surface area contributed by atoms with Gasteiger partial charge in [0.25, 0.3) is 5.91 Å². The molecule has 0 unspecified atom stereocenters. The summed E-state index contributed by atoms with van der Waals surface area (Å²) in [6.45, 7) is 3.17. The molecule has 1 aliphatic rings. The molecular weight excluding hydrogens is 481 g/mol. The number of hydrogen-bond acceptors (Lipinski definition) is 6. The molecule has 9 nitrogen and oxygen atoms in total. The van der Waals surface area contributed by atoms with Crippen LogP contribution in [0.4, 0.5) is 23.7 Å². The van der Waals surface area contributed by atoms with Gasteiger partial charge in [-0.2, -0.15) is 0 Å². The average molecular weight is 506 g/mol. The Morgan fingerprint density at radius 3 is 1.97 bits per heavy atom. The van der Waals surface area contributed by atoms with Gasteiger partial charge in [0.2, 0.25) is 0 Å². The van der Waals surface area contributed by atoms with Gasteiger partial charge in [-0.3, -0.25) is 10.0 Å². The Balaban J connectivity index is 1.53. The van der Waals surface area contributed by atoms with Crippen molar-refractivity contribution in [1.29, 1.82) is 0 Å². The summed E-state index contributed by atoms with van der Waals surface area (Å²) in [6, 6.07) is 10.9. The molecule has 2 aromatic rings. The highest BCUT2D eigenvalue weighted by molar-refractivity contribution is 5.87. The van der Waals surface area contributed by atoms with Crippen molar-refractivity contribution in [3.63, 3.8) is 0 Å². The van der Waals surface area contributed by atoms with E-state index in [1.165, 1.54) is 41.6 Å². The molecule has 0 aromatic heterocycles. The number of amides is 3. The van der Waals surface area contributed by atoms with Crippen molar-refractivity contribution in [1.82, 2.24) is 15.7 Å². The van der Waals surface area contributed by atoms with Crippen LogP contribution in [0.2, 0.25) is 0 Å². The summed E-state index contributed by atoms with van der Waals surface area (Å²) in [4.78, 5) is 27.6. The van der Waals surface area contributed by atoms with Gasteiger partial charge in [-0.25, -0.2) is 10.3 Å². The highest BCUT2D eigenvalue weighted by Crippen LogP contribution is 2.22. The first-order valence-electron chi connectivity index (χ1n) is 11.0. The maximum Gasteiger partial charge on any atom is 0.573 e. The van der Waals surface area contributed by atoms with E-state index in [1.54, 1.807) is 0 Å². The van der Waals surface area contributed by atoms with Crippen molar-refractivity contribution >= 4 is 17.6 Å². The summed E-state index contributed by atoms with van der Waals surface area (Å²) in [6.07, 6.45) is -5.93. The number of nitrogens with one attached hydrogen (secondary N) is 2. The van der Waals surface area contributed by atoms with Crippen LogP contribution >= 0.6 is 0 Å².